The van der Waals surface area contributed by atoms with Gasteiger partial charge in [-0.2, -0.15) is 0 Å². The molecule has 0 heterocycles. The monoisotopic (exact) mass is 280 g/mol. The zero-order valence-electron chi connectivity index (χ0n) is 14.6. The third kappa shape index (κ3) is 15.8. The molecule has 0 heteroatoms. The van der Waals surface area contributed by atoms with Crippen LogP contribution in [-0.4, -0.2) is 0 Å². The van der Waals surface area contributed by atoms with Gasteiger partial charge in [0.05, 0.1) is 0 Å². The van der Waals surface area contributed by atoms with E-state index in [9.17, 15) is 0 Å². The molecular formula is C20H40. The Bertz CT molecular complexity index is 192. The first-order valence-electron chi connectivity index (χ1n) is 9.46. The first-order chi connectivity index (χ1) is 9.81. The smallest absolute Gasteiger partial charge is 0.0325 e. The van der Waals surface area contributed by atoms with Gasteiger partial charge < -0.3 is 0 Å². The molecule has 120 valence electrons. The molecule has 0 amide bonds. The zero-order valence-corrected chi connectivity index (χ0v) is 14.6. The van der Waals surface area contributed by atoms with Gasteiger partial charge in [0.15, 0.2) is 0 Å². The maximum Gasteiger partial charge on any atom is -0.0325 e. The van der Waals surface area contributed by atoms with E-state index in [0.29, 0.717) is 0 Å². The van der Waals surface area contributed by atoms with E-state index < -0.39 is 0 Å². The molecule has 0 fully saturated rings. The Kier molecular flexibility index (Phi) is 16.6. The fourth-order valence-electron chi connectivity index (χ4n) is 2.70. The van der Waals surface area contributed by atoms with Crippen molar-refractivity contribution in [2.24, 2.45) is 5.92 Å². The number of unbranched alkanes of at least 4 members (excludes halogenated alkanes) is 10. The third-order valence-electron chi connectivity index (χ3n) is 4.23. The van der Waals surface area contributed by atoms with Crippen LogP contribution >= 0.6 is 0 Å². The molecule has 0 aliphatic heterocycles. The van der Waals surface area contributed by atoms with Gasteiger partial charge in [0, 0.05) is 0 Å². The standard InChI is InChI=1S/C20H40/c1-4-6-8-10-12-14-16-18-20(3)19-17-15-13-11-9-7-5-2/h14,16,20H,4-13,15,17-19H2,1-3H3/b16-14+. The summed E-state index contributed by atoms with van der Waals surface area (Å²) in [6.07, 6.45) is 24.5. The summed E-state index contributed by atoms with van der Waals surface area (Å²) < 4.78 is 0. The molecule has 0 nitrogen and oxygen atoms in total. The summed E-state index contributed by atoms with van der Waals surface area (Å²) in [5.74, 6) is 0.887. The first-order valence-corrected chi connectivity index (χ1v) is 9.46. The largest absolute Gasteiger partial charge is 0.0885 e. The van der Waals surface area contributed by atoms with Gasteiger partial charge in [-0.3, -0.25) is 0 Å². The molecule has 0 saturated heterocycles. The Balaban J connectivity index is 3.23. The van der Waals surface area contributed by atoms with E-state index in [2.05, 4.69) is 32.9 Å². The lowest BCUT2D eigenvalue weighted by atomic mass is 9.98. The van der Waals surface area contributed by atoms with Crippen molar-refractivity contribution in [2.45, 2.75) is 111 Å². The van der Waals surface area contributed by atoms with Gasteiger partial charge in [0.2, 0.25) is 0 Å². The minimum Gasteiger partial charge on any atom is -0.0885 e. The van der Waals surface area contributed by atoms with E-state index in [0.717, 1.165) is 5.92 Å². The predicted molar refractivity (Wildman–Crippen MR) is 94.3 cm³/mol. The van der Waals surface area contributed by atoms with Gasteiger partial charge in [-0.25, -0.2) is 0 Å². The second-order valence-electron chi connectivity index (χ2n) is 6.57. The van der Waals surface area contributed by atoms with E-state index >= 15 is 0 Å². The fraction of sp³-hybridized carbons (Fsp3) is 0.900. The van der Waals surface area contributed by atoms with Crippen molar-refractivity contribution in [3.63, 3.8) is 0 Å². The Hall–Kier alpha value is -0.260. The maximum atomic E-state index is 2.43. The minimum absolute atomic E-state index is 0.887. The molecule has 0 radical (unpaired) electrons. The topological polar surface area (TPSA) is 0 Å². The van der Waals surface area contributed by atoms with E-state index in [1.54, 1.807) is 0 Å². The van der Waals surface area contributed by atoms with E-state index in [1.807, 2.05) is 0 Å². The molecule has 0 aromatic rings. The quantitative estimate of drug-likeness (QED) is 0.213. The average molecular weight is 281 g/mol. The van der Waals surface area contributed by atoms with Crippen LogP contribution in [0.25, 0.3) is 0 Å². The molecule has 0 bridgehead atoms. The van der Waals surface area contributed by atoms with Crippen molar-refractivity contribution >= 4 is 0 Å². The molecule has 0 aromatic carbocycles. The summed E-state index contributed by atoms with van der Waals surface area (Å²) in [6, 6.07) is 0. The highest BCUT2D eigenvalue weighted by atomic mass is 14.1. The fourth-order valence-corrected chi connectivity index (χ4v) is 2.70. The van der Waals surface area contributed by atoms with Gasteiger partial charge in [-0.15, -0.1) is 0 Å². The van der Waals surface area contributed by atoms with Crippen LogP contribution in [0.2, 0.25) is 0 Å². The molecule has 0 N–H and O–H groups in total. The Morgan fingerprint density at radius 2 is 1.20 bits per heavy atom. The van der Waals surface area contributed by atoms with Gasteiger partial charge in [0.1, 0.15) is 0 Å². The lowest BCUT2D eigenvalue weighted by Gasteiger charge is -2.08. The summed E-state index contributed by atoms with van der Waals surface area (Å²) in [4.78, 5) is 0. The van der Waals surface area contributed by atoms with Gasteiger partial charge in [-0.05, 0) is 25.2 Å². The highest BCUT2D eigenvalue weighted by Gasteiger charge is 1.99. The Morgan fingerprint density at radius 1 is 0.650 bits per heavy atom. The highest BCUT2D eigenvalue weighted by Crippen LogP contribution is 2.15. The van der Waals surface area contributed by atoms with E-state index in [-0.39, 0.29) is 0 Å². The molecule has 1 unspecified atom stereocenters. The van der Waals surface area contributed by atoms with Crippen molar-refractivity contribution in [3.05, 3.63) is 12.2 Å². The Labute approximate surface area is 129 Å². The Morgan fingerprint density at radius 3 is 1.85 bits per heavy atom. The summed E-state index contributed by atoms with van der Waals surface area (Å²) in [5, 5.41) is 0. The van der Waals surface area contributed by atoms with E-state index in [4.69, 9.17) is 0 Å². The lowest BCUT2D eigenvalue weighted by molar-refractivity contribution is 0.485. The predicted octanol–water partition coefficient (Wildman–Crippen LogP) is 7.68. The zero-order chi connectivity index (χ0) is 14.9. The van der Waals surface area contributed by atoms with Crippen LogP contribution in [0.5, 0.6) is 0 Å². The normalized spacial score (nSPS) is 13.2. The third-order valence-corrected chi connectivity index (χ3v) is 4.23. The van der Waals surface area contributed by atoms with Crippen LogP contribution in [-0.2, 0) is 0 Å². The second kappa shape index (κ2) is 16.8. The molecule has 0 saturated carbocycles. The molecule has 0 aliphatic rings. The lowest BCUT2D eigenvalue weighted by Crippen LogP contribution is -1.92. The summed E-state index contributed by atoms with van der Waals surface area (Å²) in [7, 11) is 0. The molecule has 0 aliphatic carbocycles. The van der Waals surface area contributed by atoms with Crippen molar-refractivity contribution in [3.8, 4) is 0 Å². The summed E-state index contributed by atoms with van der Waals surface area (Å²) >= 11 is 0. The molecule has 0 aromatic heterocycles. The molecule has 20 heavy (non-hydrogen) atoms. The molecule has 1 atom stereocenters. The van der Waals surface area contributed by atoms with E-state index in [1.165, 1.54) is 89.9 Å². The SMILES string of the molecule is CCCCCC/C=C/CC(C)CCCCCCCCC. The summed E-state index contributed by atoms with van der Waals surface area (Å²) in [6.45, 7) is 6.98. The van der Waals surface area contributed by atoms with Gasteiger partial charge >= 0.3 is 0 Å². The van der Waals surface area contributed by atoms with Crippen LogP contribution in [0.15, 0.2) is 12.2 Å². The van der Waals surface area contributed by atoms with Crippen LogP contribution in [0.3, 0.4) is 0 Å². The van der Waals surface area contributed by atoms with Crippen molar-refractivity contribution in [1.29, 1.82) is 0 Å². The number of allylic oxidation sites excluding steroid dienone is 2. The first kappa shape index (κ1) is 19.7. The number of rotatable bonds is 15. The number of hydrogen-bond donors (Lipinski definition) is 0. The molecular weight excluding hydrogens is 240 g/mol. The van der Waals surface area contributed by atoms with Crippen LogP contribution in [0.1, 0.15) is 111 Å². The van der Waals surface area contributed by atoms with Crippen LogP contribution in [0.4, 0.5) is 0 Å². The van der Waals surface area contributed by atoms with Crippen molar-refractivity contribution < 1.29 is 0 Å². The minimum atomic E-state index is 0.887. The second-order valence-corrected chi connectivity index (χ2v) is 6.57. The van der Waals surface area contributed by atoms with Crippen molar-refractivity contribution in [2.75, 3.05) is 0 Å². The van der Waals surface area contributed by atoms with Crippen molar-refractivity contribution in [1.82, 2.24) is 0 Å². The number of hydrogen-bond acceptors (Lipinski definition) is 0. The molecule has 0 spiro atoms. The van der Waals surface area contributed by atoms with Gasteiger partial charge in [0.25, 0.3) is 0 Å². The molecule has 0 rings (SSSR count). The summed E-state index contributed by atoms with van der Waals surface area (Å²) in [5.41, 5.74) is 0. The highest BCUT2D eigenvalue weighted by molar-refractivity contribution is 4.83. The van der Waals surface area contributed by atoms with Crippen LogP contribution < -0.4 is 0 Å². The average Bonchev–Trinajstić information content (AvgIpc) is 2.45. The van der Waals surface area contributed by atoms with Crippen LogP contribution in [0, 0.1) is 5.92 Å². The maximum absolute atomic E-state index is 2.43. The van der Waals surface area contributed by atoms with Gasteiger partial charge in [-0.1, -0.05) is 104 Å².